The highest BCUT2D eigenvalue weighted by molar-refractivity contribution is 6.24. The van der Waals surface area contributed by atoms with Crippen molar-refractivity contribution in [1.29, 1.82) is 5.26 Å². The normalized spacial score (nSPS) is 25.5. The zero-order valence-corrected chi connectivity index (χ0v) is 22.5. The zero-order chi connectivity index (χ0) is 29.8. The summed E-state index contributed by atoms with van der Waals surface area (Å²) in [5.74, 6) is -6.82. The molecule has 7 N–H and O–H groups in total. The topological polar surface area (TPSA) is 197 Å². The number of benzene rings is 2. The van der Waals surface area contributed by atoms with E-state index in [1.807, 2.05) is 30.3 Å². The van der Waals surface area contributed by atoms with Crippen molar-refractivity contribution >= 4 is 23.2 Å². The van der Waals surface area contributed by atoms with Crippen LogP contribution in [0.15, 0.2) is 53.3 Å². The number of aromatic hydroxyl groups is 1. The fraction of sp³-hybridized carbons (Fsp3) is 0.333. The molecule has 212 valence electrons. The number of Topliss-reactive ketones (excluding diaryl/α,β-unsaturated/α-hetero) is 2. The molecule has 0 radical (unpaired) electrons. The maximum atomic E-state index is 13.9. The molecular weight excluding hydrogens is 528 g/mol. The molecule has 0 saturated heterocycles. The molecule has 0 spiro atoms. The Morgan fingerprint density at radius 3 is 2.44 bits per heavy atom. The average Bonchev–Trinajstić information content (AvgIpc) is 2.91. The van der Waals surface area contributed by atoms with Gasteiger partial charge in [0.25, 0.3) is 5.91 Å². The van der Waals surface area contributed by atoms with E-state index in [0.29, 0.717) is 12.1 Å². The summed E-state index contributed by atoms with van der Waals surface area (Å²) in [6.07, 6.45) is 0.216. The lowest BCUT2D eigenvalue weighted by Gasteiger charge is -2.50. The Hall–Kier alpha value is -4.50. The first-order valence-corrected chi connectivity index (χ1v) is 13.1. The Kier molecular flexibility index (Phi) is 6.95. The SMILES string of the molecule is CN(C)C1C(=O)C(C(N)=O)=C(O)C2(O)C(=O)C3=C(O)c4c(O)ccc(-c5ccc(CNCC#N)cc5)c4CC3CC12. The number of hydrogen-bond acceptors (Lipinski definition) is 10. The van der Waals surface area contributed by atoms with Crippen LogP contribution in [-0.4, -0.2) is 75.1 Å². The third kappa shape index (κ3) is 4.19. The second-order valence-corrected chi connectivity index (χ2v) is 10.9. The minimum Gasteiger partial charge on any atom is -0.508 e. The Labute approximate surface area is 235 Å². The van der Waals surface area contributed by atoms with E-state index < -0.39 is 58.0 Å². The van der Waals surface area contributed by atoms with Crippen LogP contribution in [0, 0.1) is 23.2 Å². The number of amides is 1. The van der Waals surface area contributed by atoms with E-state index in [-0.39, 0.29) is 36.3 Å². The van der Waals surface area contributed by atoms with Crippen molar-refractivity contribution in [3.05, 3.63) is 70.0 Å². The van der Waals surface area contributed by atoms with Gasteiger partial charge in [0.1, 0.15) is 22.8 Å². The van der Waals surface area contributed by atoms with Crippen LogP contribution in [0.5, 0.6) is 5.75 Å². The number of hydrogen-bond donors (Lipinski definition) is 6. The Morgan fingerprint density at radius 1 is 1.15 bits per heavy atom. The van der Waals surface area contributed by atoms with Gasteiger partial charge in [-0.25, -0.2) is 0 Å². The summed E-state index contributed by atoms with van der Waals surface area (Å²) in [7, 11) is 3.12. The number of aliphatic hydroxyl groups excluding tert-OH is 2. The molecule has 3 aliphatic rings. The Morgan fingerprint density at radius 2 is 1.83 bits per heavy atom. The molecule has 5 rings (SSSR count). The molecule has 1 amide bonds. The predicted octanol–water partition coefficient (Wildman–Crippen LogP) is 1.24. The van der Waals surface area contributed by atoms with Crippen molar-refractivity contribution in [2.45, 2.75) is 31.0 Å². The molecule has 0 aliphatic heterocycles. The largest absolute Gasteiger partial charge is 0.508 e. The summed E-state index contributed by atoms with van der Waals surface area (Å²) in [5, 5.41) is 56.6. The first-order chi connectivity index (χ1) is 19.4. The molecule has 1 fully saturated rings. The van der Waals surface area contributed by atoms with Crippen molar-refractivity contribution in [1.82, 2.24) is 10.2 Å². The van der Waals surface area contributed by atoms with E-state index in [1.54, 1.807) is 20.2 Å². The smallest absolute Gasteiger partial charge is 0.255 e. The van der Waals surface area contributed by atoms with Crippen LogP contribution in [0.3, 0.4) is 0 Å². The fourth-order valence-electron chi connectivity index (χ4n) is 6.58. The van der Waals surface area contributed by atoms with Gasteiger partial charge in [-0.1, -0.05) is 30.3 Å². The molecule has 11 nitrogen and oxygen atoms in total. The fourth-order valence-corrected chi connectivity index (χ4v) is 6.58. The number of nitriles is 1. The van der Waals surface area contributed by atoms with Gasteiger partial charge in [0.05, 0.1) is 24.2 Å². The molecule has 2 aromatic carbocycles. The van der Waals surface area contributed by atoms with Crippen molar-refractivity contribution in [2.24, 2.45) is 17.6 Å². The number of phenols is 1. The van der Waals surface area contributed by atoms with E-state index >= 15 is 0 Å². The van der Waals surface area contributed by atoms with Gasteiger partial charge in [-0.2, -0.15) is 5.26 Å². The molecule has 0 bridgehead atoms. The van der Waals surface area contributed by atoms with Crippen molar-refractivity contribution < 1.29 is 34.8 Å². The molecule has 4 unspecified atom stereocenters. The summed E-state index contributed by atoms with van der Waals surface area (Å²) < 4.78 is 0. The van der Waals surface area contributed by atoms with Crippen LogP contribution in [0.4, 0.5) is 0 Å². The number of carbonyl (C=O) groups excluding carboxylic acids is 3. The highest BCUT2D eigenvalue weighted by Gasteiger charge is 2.64. The third-order valence-electron chi connectivity index (χ3n) is 8.40. The van der Waals surface area contributed by atoms with E-state index in [1.165, 1.54) is 11.0 Å². The maximum Gasteiger partial charge on any atom is 0.255 e. The number of ketones is 2. The van der Waals surface area contributed by atoms with Gasteiger partial charge in [-0.15, -0.1) is 0 Å². The number of aliphatic hydroxyl groups is 3. The van der Waals surface area contributed by atoms with Crippen molar-refractivity contribution in [3.63, 3.8) is 0 Å². The molecule has 4 atom stereocenters. The number of nitrogens with one attached hydrogen (secondary N) is 1. The molecule has 11 heteroatoms. The van der Waals surface area contributed by atoms with E-state index in [9.17, 15) is 34.8 Å². The molecule has 3 aliphatic carbocycles. The Balaban J connectivity index is 1.63. The van der Waals surface area contributed by atoms with Crippen molar-refractivity contribution in [2.75, 3.05) is 20.6 Å². The van der Waals surface area contributed by atoms with E-state index in [4.69, 9.17) is 11.0 Å². The number of fused-ring (bicyclic) bond motifs is 3. The number of nitrogens with two attached hydrogens (primary N) is 1. The van der Waals surface area contributed by atoms with Crippen LogP contribution < -0.4 is 11.1 Å². The summed E-state index contributed by atoms with van der Waals surface area (Å²) in [5.41, 5.74) is 4.75. The lowest BCUT2D eigenvalue weighted by atomic mass is 9.57. The molecule has 0 heterocycles. The van der Waals surface area contributed by atoms with Gasteiger partial charge < -0.3 is 31.5 Å². The molecule has 41 heavy (non-hydrogen) atoms. The quantitative estimate of drug-likeness (QED) is 0.170. The van der Waals surface area contributed by atoms with Gasteiger partial charge in [0.15, 0.2) is 11.4 Å². The van der Waals surface area contributed by atoms with Gasteiger partial charge in [-0.05, 0) is 61.2 Å². The van der Waals surface area contributed by atoms with Gasteiger partial charge in [0, 0.05) is 18.0 Å². The lowest BCUT2D eigenvalue weighted by Crippen LogP contribution is -2.65. The van der Waals surface area contributed by atoms with Crippen LogP contribution >= 0.6 is 0 Å². The number of nitrogens with zero attached hydrogens (tertiary/aromatic N) is 2. The van der Waals surface area contributed by atoms with Gasteiger partial charge in [0.2, 0.25) is 5.78 Å². The summed E-state index contributed by atoms with van der Waals surface area (Å²) >= 11 is 0. The summed E-state index contributed by atoms with van der Waals surface area (Å²) in [4.78, 5) is 40.8. The minimum absolute atomic E-state index is 0.0182. The highest BCUT2D eigenvalue weighted by atomic mass is 16.3. The number of likely N-dealkylation sites (N-methyl/N-ethyl adjacent to an activating group) is 1. The van der Waals surface area contributed by atoms with Gasteiger partial charge in [-0.3, -0.25) is 19.3 Å². The molecule has 2 aromatic rings. The van der Waals surface area contributed by atoms with Gasteiger partial charge >= 0.3 is 0 Å². The van der Waals surface area contributed by atoms with Crippen LogP contribution in [0.2, 0.25) is 0 Å². The first-order valence-electron chi connectivity index (χ1n) is 13.1. The second kappa shape index (κ2) is 10.2. The average molecular weight is 559 g/mol. The molecular formula is C30H30N4O7. The van der Waals surface area contributed by atoms with Crippen LogP contribution in [-0.2, 0) is 27.3 Å². The predicted molar refractivity (Wildman–Crippen MR) is 147 cm³/mol. The molecule has 0 aromatic heterocycles. The number of carbonyl (C=O) groups is 3. The first kappa shape index (κ1) is 28.0. The monoisotopic (exact) mass is 558 g/mol. The maximum absolute atomic E-state index is 13.9. The number of primary amides is 1. The van der Waals surface area contributed by atoms with Crippen LogP contribution in [0.1, 0.15) is 23.1 Å². The summed E-state index contributed by atoms with van der Waals surface area (Å²) in [6, 6.07) is 11.6. The molecule has 1 saturated carbocycles. The van der Waals surface area contributed by atoms with Crippen molar-refractivity contribution in [3.8, 4) is 22.9 Å². The third-order valence-corrected chi connectivity index (χ3v) is 8.40. The van der Waals surface area contributed by atoms with E-state index in [2.05, 4.69) is 5.32 Å². The van der Waals surface area contributed by atoms with E-state index in [0.717, 1.165) is 16.7 Å². The van der Waals surface area contributed by atoms with Crippen LogP contribution in [0.25, 0.3) is 16.9 Å². The Bertz CT molecular complexity index is 1580. The standard InChI is InChI=1S/C30H30N4O7/c1-34(2)24-19-12-16-11-18-17(15-5-3-14(4-6-15)13-33-10-9-31)7-8-20(35)22(18)25(36)21(16)27(38)30(19,41)28(39)23(26(24)37)29(32)40/h3-8,16,19,24,33,35-36,39,41H,10-13H2,1-2H3,(H2,32,40). The number of rotatable bonds is 6. The summed E-state index contributed by atoms with van der Waals surface area (Å²) in [6.45, 7) is 0.725. The zero-order valence-electron chi connectivity index (χ0n) is 22.5. The second-order valence-electron chi connectivity index (χ2n) is 10.9. The minimum atomic E-state index is -2.67. The lowest BCUT2D eigenvalue weighted by molar-refractivity contribution is -0.153. The number of phenolic OH excluding ortho intramolecular Hbond substituents is 1. The highest BCUT2D eigenvalue weighted by Crippen LogP contribution is 2.53.